The van der Waals surface area contributed by atoms with Gasteiger partial charge in [0.25, 0.3) is 0 Å². The Bertz CT molecular complexity index is 530. The minimum absolute atomic E-state index is 0.298. The van der Waals surface area contributed by atoms with E-state index in [1.54, 1.807) is 21.3 Å². The maximum Gasteiger partial charge on any atom is 0.203 e. The summed E-state index contributed by atoms with van der Waals surface area (Å²) in [6, 6.07) is 4.76. The zero-order valence-corrected chi connectivity index (χ0v) is 16.7. The Morgan fingerprint density at radius 2 is 1.62 bits per heavy atom. The quantitative estimate of drug-likeness (QED) is 0.724. The highest BCUT2D eigenvalue weighted by Crippen LogP contribution is 2.38. The van der Waals surface area contributed by atoms with Crippen LogP contribution in [0.25, 0.3) is 0 Å². The highest BCUT2D eigenvalue weighted by Gasteiger charge is 2.26. The summed E-state index contributed by atoms with van der Waals surface area (Å²) in [6.07, 6.45) is 3.17. The second kappa shape index (κ2) is 10.00. The summed E-state index contributed by atoms with van der Waals surface area (Å²) in [7, 11) is 4.76. The van der Waals surface area contributed by atoms with Gasteiger partial charge in [0.2, 0.25) is 5.75 Å². The molecule has 1 fully saturated rings. The van der Waals surface area contributed by atoms with Crippen LogP contribution in [-0.4, -0.2) is 62.7 Å². The smallest absolute Gasteiger partial charge is 0.203 e. The molecule has 1 N–H and O–H groups in total. The zero-order chi connectivity index (χ0) is 19.1. The lowest BCUT2D eigenvalue weighted by Gasteiger charge is -2.40. The summed E-state index contributed by atoms with van der Waals surface area (Å²) in [6.45, 7) is 5.79. The number of hydrogen-bond acceptors (Lipinski definition) is 6. The number of benzene rings is 1. The first kappa shape index (κ1) is 20.8. The number of aliphatic hydroxyl groups excluding tert-OH is 1. The van der Waals surface area contributed by atoms with E-state index in [1.165, 1.54) is 19.3 Å². The van der Waals surface area contributed by atoms with Gasteiger partial charge in [0.15, 0.2) is 11.5 Å². The molecule has 0 radical (unpaired) electrons. The molecule has 148 valence electrons. The monoisotopic (exact) mass is 367 g/mol. The minimum atomic E-state index is -0.500. The van der Waals surface area contributed by atoms with Crippen LogP contribution in [0.4, 0.5) is 0 Å². The molecule has 6 heteroatoms. The lowest BCUT2D eigenvalue weighted by Crippen LogP contribution is -2.48. The van der Waals surface area contributed by atoms with E-state index in [-0.39, 0.29) is 0 Å². The number of β-amino-alcohol motifs (C(OH)–C–C–N with tert-alkyl or cyclic N) is 1. The predicted octanol–water partition coefficient (Wildman–Crippen LogP) is 2.85. The van der Waals surface area contributed by atoms with E-state index in [9.17, 15) is 5.11 Å². The molecule has 0 spiro atoms. The van der Waals surface area contributed by atoms with Crippen LogP contribution in [0.3, 0.4) is 0 Å². The normalized spacial score (nSPS) is 22.1. The van der Waals surface area contributed by atoms with Gasteiger partial charge in [0, 0.05) is 18.6 Å². The van der Waals surface area contributed by atoms with Gasteiger partial charge in [0.1, 0.15) is 0 Å². The van der Waals surface area contributed by atoms with E-state index in [2.05, 4.69) is 18.7 Å². The van der Waals surface area contributed by atoms with Crippen molar-refractivity contribution in [3.63, 3.8) is 0 Å². The van der Waals surface area contributed by atoms with E-state index < -0.39 is 6.10 Å². The molecule has 0 amide bonds. The summed E-state index contributed by atoms with van der Waals surface area (Å²) >= 11 is 0. The van der Waals surface area contributed by atoms with Crippen LogP contribution in [0.5, 0.6) is 17.2 Å². The van der Waals surface area contributed by atoms with Gasteiger partial charge in [-0.1, -0.05) is 6.42 Å². The second-order valence-electron chi connectivity index (χ2n) is 7.03. The van der Waals surface area contributed by atoms with E-state index in [0.29, 0.717) is 49.1 Å². The van der Waals surface area contributed by atoms with Gasteiger partial charge in [-0.15, -0.1) is 0 Å². The van der Waals surface area contributed by atoms with E-state index in [1.807, 2.05) is 12.1 Å². The first-order valence-corrected chi connectivity index (χ1v) is 9.30. The number of aliphatic hydroxyl groups is 1. The van der Waals surface area contributed by atoms with E-state index >= 15 is 0 Å². The van der Waals surface area contributed by atoms with Crippen LogP contribution in [0.2, 0.25) is 0 Å². The lowest BCUT2D eigenvalue weighted by atomic mass is 9.97. The molecule has 0 saturated carbocycles. The fourth-order valence-electron chi connectivity index (χ4n) is 3.66. The Hall–Kier alpha value is -1.50. The number of likely N-dealkylation sites (tertiary alicyclic amines) is 1. The summed E-state index contributed by atoms with van der Waals surface area (Å²) in [4.78, 5) is 2.39. The standard InChI is InChI=1S/C20H33NO5/c1-14-7-6-8-15(2)21(14)11-17(22)13-26-12-16-9-18(23-3)20(25-5)19(10-16)24-4/h9-10,14-15,17,22H,6-8,11-13H2,1-5H3/t14-,15+,17-/m0/s1. The van der Waals surface area contributed by atoms with Crippen molar-refractivity contribution in [2.45, 2.75) is 57.9 Å². The maximum absolute atomic E-state index is 10.4. The van der Waals surface area contributed by atoms with Crippen molar-refractivity contribution in [1.29, 1.82) is 0 Å². The van der Waals surface area contributed by atoms with Crippen molar-refractivity contribution in [2.24, 2.45) is 0 Å². The first-order chi connectivity index (χ1) is 12.5. The molecular weight excluding hydrogens is 334 g/mol. The average molecular weight is 367 g/mol. The molecule has 1 aliphatic rings. The predicted molar refractivity (Wildman–Crippen MR) is 101 cm³/mol. The highest BCUT2D eigenvalue weighted by molar-refractivity contribution is 5.53. The third kappa shape index (κ3) is 5.25. The number of piperidine rings is 1. The van der Waals surface area contributed by atoms with Crippen molar-refractivity contribution in [2.75, 3.05) is 34.5 Å². The van der Waals surface area contributed by atoms with Crippen molar-refractivity contribution in [1.82, 2.24) is 4.90 Å². The van der Waals surface area contributed by atoms with Crippen LogP contribution >= 0.6 is 0 Å². The second-order valence-corrected chi connectivity index (χ2v) is 7.03. The van der Waals surface area contributed by atoms with Crippen molar-refractivity contribution >= 4 is 0 Å². The molecule has 0 bridgehead atoms. The van der Waals surface area contributed by atoms with Crippen LogP contribution in [0, 0.1) is 0 Å². The number of nitrogens with zero attached hydrogens (tertiary/aromatic N) is 1. The van der Waals surface area contributed by atoms with Crippen molar-refractivity contribution < 1.29 is 24.1 Å². The van der Waals surface area contributed by atoms with Gasteiger partial charge >= 0.3 is 0 Å². The highest BCUT2D eigenvalue weighted by atomic mass is 16.5. The summed E-state index contributed by atoms with van der Waals surface area (Å²) in [5, 5.41) is 10.4. The molecule has 0 aromatic heterocycles. The Kier molecular flexibility index (Phi) is 8.00. The summed E-state index contributed by atoms with van der Waals surface area (Å²) in [5.41, 5.74) is 0.909. The largest absolute Gasteiger partial charge is 0.493 e. The topological polar surface area (TPSA) is 60.4 Å². The Morgan fingerprint density at radius 3 is 2.12 bits per heavy atom. The molecule has 6 nitrogen and oxygen atoms in total. The van der Waals surface area contributed by atoms with Crippen molar-refractivity contribution in [3.05, 3.63) is 17.7 Å². The maximum atomic E-state index is 10.4. The van der Waals surface area contributed by atoms with Gasteiger partial charge in [-0.25, -0.2) is 0 Å². The fourth-order valence-corrected chi connectivity index (χ4v) is 3.66. The van der Waals surface area contributed by atoms with Crippen LogP contribution in [0.15, 0.2) is 12.1 Å². The molecule has 1 aliphatic heterocycles. The van der Waals surface area contributed by atoms with Gasteiger partial charge in [0.05, 0.1) is 40.6 Å². The van der Waals surface area contributed by atoms with Gasteiger partial charge in [-0.2, -0.15) is 0 Å². The van der Waals surface area contributed by atoms with E-state index in [4.69, 9.17) is 18.9 Å². The average Bonchev–Trinajstić information content (AvgIpc) is 2.63. The van der Waals surface area contributed by atoms with Crippen LogP contribution in [-0.2, 0) is 11.3 Å². The molecule has 1 saturated heterocycles. The van der Waals surface area contributed by atoms with E-state index in [0.717, 1.165) is 5.56 Å². The molecular formula is C20H33NO5. The summed E-state index contributed by atoms with van der Waals surface area (Å²) in [5.74, 6) is 1.76. The molecule has 0 unspecified atom stereocenters. The first-order valence-electron chi connectivity index (χ1n) is 9.30. The van der Waals surface area contributed by atoms with Gasteiger partial charge in [-0.3, -0.25) is 4.90 Å². The molecule has 26 heavy (non-hydrogen) atoms. The number of methoxy groups -OCH3 is 3. The van der Waals surface area contributed by atoms with Crippen LogP contribution in [0.1, 0.15) is 38.7 Å². The number of hydrogen-bond donors (Lipinski definition) is 1. The molecule has 1 heterocycles. The lowest BCUT2D eigenvalue weighted by molar-refractivity contribution is -0.0135. The third-order valence-corrected chi connectivity index (χ3v) is 5.10. The third-order valence-electron chi connectivity index (χ3n) is 5.10. The summed E-state index contributed by atoms with van der Waals surface area (Å²) < 4.78 is 21.8. The molecule has 1 aromatic rings. The SMILES string of the molecule is COc1cc(COC[C@@H](O)CN2[C@H](C)CCC[C@@H]2C)cc(OC)c1OC. The number of ether oxygens (including phenoxy) is 4. The Morgan fingerprint density at radius 1 is 1.04 bits per heavy atom. The zero-order valence-electron chi connectivity index (χ0n) is 16.7. The van der Waals surface area contributed by atoms with Gasteiger partial charge in [-0.05, 0) is 44.4 Å². The molecule has 2 rings (SSSR count). The van der Waals surface area contributed by atoms with Gasteiger partial charge < -0.3 is 24.1 Å². The molecule has 0 aliphatic carbocycles. The van der Waals surface area contributed by atoms with Crippen LogP contribution < -0.4 is 14.2 Å². The number of rotatable bonds is 9. The fraction of sp³-hybridized carbons (Fsp3) is 0.700. The van der Waals surface area contributed by atoms with Crippen molar-refractivity contribution in [3.8, 4) is 17.2 Å². The minimum Gasteiger partial charge on any atom is -0.493 e. The molecule has 3 atom stereocenters. The Labute approximate surface area is 157 Å². The molecule has 1 aromatic carbocycles. The Balaban J connectivity index is 1.88.